The second-order valence-corrected chi connectivity index (χ2v) is 8.54. The maximum Gasteiger partial charge on any atom is 0.293 e. The predicted molar refractivity (Wildman–Crippen MR) is 135 cm³/mol. The van der Waals surface area contributed by atoms with E-state index < -0.39 is 11.7 Å². The highest BCUT2D eigenvalue weighted by Crippen LogP contribution is 2.35. The molecule has 5 rings (SSSR count). The number of para-hydroxylation sites is 1. The number of nitrogens with one attached hydrogen (secondary N) is 2. The maximum absolute atomic E-state index is 15.9. The van der Waals surface area contributed by atoms with Gasteiger partial charge in [-0.1, -0.05) is 47.1 Å². The van der Waals surface area contributed by atoms with Crippen molar-refractivity contribution >= 4 is 39.8 Å². The minimum atomic E-state index is -0.663. The van der Waals surface area contributed by atoms with Crippen molar-refractivity contribution in [2.24, 2.45) is 0 Å². The number of halogens is 2. The number of benzene rings is 2. The summed E-state index contributed by atoms with van der Waals surface area (Å²) < 4.78 is 21.1. The average Bonchev–Trinajstić information content (AvgIpc) is 3.21. The summed E-state index contributed by atoms with van der Waals surface area (Å²) in [6, 6.07) is 14.5. The van der Waals surface area contributed by atoms with Crippen LogP contribution in [0.2, 0.25) is 5.02 Å². The summed E-state index contributed by atoms with van der Waals surface area (Å²) in [5, 5.41) is 11.0. The van der Waals surface area contributed by atoms with Gasteiger partial charge in [0.1, 0.15) is 11.5 Å². The molecule has 0 radical (unpaired) electrons. The number of nitrogens with zero attached hydrogens (tertiary/aromatic N) is 4. The first-order chi connectivity index (χ1) is 17.4. The third-order valence-corrected chi connectivity index (χ3v) is 5.82. The van der Waals surface area contributed by atoms with Gasteiger partial charge >= 0.3 is 0 Å². The highest BCUT2D eigenvalue weighted by molar-refractivity contribution is 6.30. The van der Waals surface area contributed by atoms with E-state index in [1.54, 1.807) is 44.3 Å². The molecule has 0 fully saturated rings. The van der Waals surface area contributed by atoms with Crippen LogP contribution < -0.4 is 10.6 Å². The summed E-state index contributed by atoms with van der Waals surface area (Å²) in [5.74, 6) is -0.882. The third kappa shape index (κ3) is 4.60. The van der Waals surface area contributed by atoms with Crippen LogP contribution in [0, 0.1) is 19.7 Å². The average molecular weight is 503 g/mol. The van der Waals surface area contributed by atoms with Crippen molar-refractivity contribution in [3.8, 4) is 11.3 Å². The molecule has 0 aliphatic carbocycles. The summed E-state index contributed by atoms with van der Waals surface area (Å²) in [7, 11) is 0. The second kappa shape index (κ2) is 9.71. The fourth-order valence-corrected chi connectivity index (χ4v) is 4.06. The highest BCUT2D eigenvalue weighted by atomic mass is 35.5. The monoisotopic (exact) mass is 502 g/mol. The van der Waals surface area contributed by atoms with Gasteiger partial charge in [-0.2, -0.15) is 0 Å². The van der Waals surface area contributed by atoms with Crippen molar-refractivity contribution in [1.29, 1.82) is 0 Å². The van der Waals surface area contributed by atoms with E-state index in [4.69, 9.17) is 16.1 Å². The summed E-state index contributed by atoms with van der Waals surface area (Å²) >= 11 is 6.09. The standard InChI is InChI=1S/C26H20ClFN6O2/c1-14-21(15(2)36-34-14)24-22(28)23(29-11-16-6-5-8-18(27)10-16)20(13-30-24)33-26(35)25-31-12-17-7-3-4-9-19(17)32-25/h3-10,12-13H,11H2,1-2H3,(H,29,30)(H,33,35). The van der Waals surface area contributed by atoms with Crippen LogP contribution >= 0.6 is 11.6 Å². The van der Waals surface area contributed by atoms with Crippen molar-refractivity contribution in [2.75, 3.05) is 10.6 Å². The molecule has 2 aromatic carbocycles. The van der Waals surface area contributed by atoms with Crippen molar-refractivity contribution in [3.05, 3.63) is 94.6 Å². The van der Waals surface area contributed by atoms with E-state index >= 15 is 4.39 Å². The number of amides is 1. The molecule has 0 saturated carbocycles. The highest BCUT2D eigenvalue weighted by Gasteiger charge is 2.23. The van der Waals surface area contributed by atoms with Crippen LogP contribution in [-0.2, 0) is 6.54 Å². The van der Waals surface area contributed by atoms with E-state index in [9.17, 15) is 4.79 Å². The number of fused-ring (bicyclic) bond motifs is 1. The topological polar surface area (TPSA) is 106 Å². The van der Waals surface area contributed by atoms with Gasteiger partial charge in [0.15, 0.2) is 5.82 Å². The van der Waals surface area contributed by atoms with Crippen LogP contribution in [0.15, 0.2) is 65.4 Å². The normalized spacial score (nSPS) is 11.0. The first kappa shape index (κ1) is 23.4. The molecule has 1 amide bonds. The number of carbonyl (C=O) groups is 1. The van der Waals surface area contributed by atoms with Crippen LogP contribution in [0.3, 0.4) is 0 Å². The molecule has 0 aliphatic heterocycles. The van der Waals surface area contributed by atoms with E-state index in [0.717, 1.165) is 10.9 Å². The molecular weight excluding hydrogens is 483 g/mol. The summed E-state index contributed by atoms with van der Waals surface area (Å²) in [4.78, 5) is 25.7. The second-order valence-electron chi connectivity index (χ2n) is 8.10. The molecule has 3 heterocycles. The molecular formula is C26H20ClFN6O2. The number of anilines is 2. The fourth-order valence-electron chi connectivity index (χ4n) is 3.85. The Hall–Kier alpha value is -4.37. The van der Waals surface area contributed by atoms with Gasteiger partial charge in [0.25, 0.3) is 5.91 Å². The van der Waals surface area contributed by atoms with Gasteiger partial charge in [0.05, 0.1) is 34.3 Å². The lowest BCUT2D eigenvalue weighted by Gasteiger charge is -2.16. The van der Waals surface area contributed by atoms with Crippen molar-refractivity contribution in [1.82, 2.24) is 20.1 Å². The Morgan fingerprint density at radius 3 is 2.69 bits per heavy atom. The zero-order valence-electron chi connectivity index (χ0n) is 19.3. The van der Waals surface area contributed by atoms with Crippen molar-refractivity contribution in [3.63, 3.8) is 0 Å². The number of aryl methyl sites for hydroxylation is 2. The molecule has 8 nitrogen and oxygen atoms in total. The van der Waals surface area contributed by atoms with Crippen molar-refractivity contribution < 1.29 is 13.7 Å². The van der Waals surface area contributed by atoms with E-state index in [1.807, 2.05) is 24.3 Å². The van der Waals surface area contributed by atoms with E-state index in [-0.39, 0.29) is 29.4 Å². The Morgan fingerprint density at radius 1 is 1.08 bits per heavy atom. The van der Waals surface area contributed by atoms with E-state index in [2.05, 4.69) is 30.7 Å². The van der Waals surface area contributed by atoms with Gasteiger partial charge in [-0.3, -0.25) is 9.78 Å². The number of hydrogen-bond acceptors (Lipinski definition) is 7. The maximum atomic E-state index is 15.9. The van der Waals surface area contributed by atoms with Crippen LogP contribution in [0.5, 0.6) is 0 Å². The van der Waals surface area contributed by atoms with Crippen LogP contribution in [0.1, 0.15) is 27.6 Å². The van der Waals surface area contributed by atoms with Crippen LogP contribution in [-0.4, -0.2) is 26.0 Å². The number of pyridine rings is 1. The zero-order valence-corrected chi connectivity index (χ0v) is 20.1. The molecule has 5 aromatic rings. The minimum absolute atomic E-state index is 0.0501. The summed E-state index contributed by atoms with van der Waals surface area (Å²) in [5.41, 5.74) is 2.64. The van der Waals surface area contributed by atoms with Gasteiger partial charge < -0.3 is 15.2 Å². The van der Waals surface area contributed by atoms with Gasteiger partial charge in [-0.25, -0.2) is 14.4 Å². The lowest BCUT2D eigenvalue weighted by molar-refractivity contribution is 0.101. The lowest BCUT2D eigenvalue weighted by Crippen LogP contribution is -2.18. The molecule has 0 spiro atoms. The molecule has 0 saturated heterocycles. The smallest absolute Gasteiger partial charge is 0.293 e. The Morgan fingerprint density at radius 2 is 1.92 bits per heavy atom. The molecule has 0 unspecified atom stereocenters. The van der Waals surface area contributed by atoms with Crippen LogP contribution in [0.4, 0.5) is 15.8 Å². The van der Waals surface area contributed by atoms with Crippen molar-refractivity contribution in [2.45, 2.75) is 20.4 Å². The molecule has 36 heavy (non-hydrogen) atoms. The summed E-state index contributed by atoms with van der Waals surface area (Å²) in [6.45, 7) is 3.64. The Labute approximate surface area is 210 Å². The molecule has 3 aromatic heterocycles. The number of aromatic nitrogens is 4. The van der Waals surface area contributed by atoms with Gasteiger partial charge in [0.2, 0.25) is 5.82 Å². The quantitative estimate of drug-likeness (QED) is 0.295. The fraction of sp³-hybridized carbons (Fsp3) is 0.115. The Kier molecular flexibility index (Phi) is 6.30. The van der Waals surface area contributed by atoms with Crippen LogP contribution in [0.25, 0.3) is 22.2 Å². The predicted octanol–water partition coefficient (Wildman–Crippen LogP) is 5.95. The SMILES string of the molecule is Cc1noc(C)c1-c1ncc(NC(=O)c2ncc3ccccc3n2)c(NCc2cccc(Cl)c2)c1F. The number of rotatable bonds is 6. The largest absolute Gasteiger partial charge is 0.377 e. The molecule has 180 valence electrons. The van der Waals surface area contributed by atoms with E-state index in [0.29, 0.717) is 27.6 Å². The van der Waals surface area contributed by atoms with E-state index in [1.165, 1.54) is 6.20 Å². The minimum Gasteiger partial charge on any atom is -0.377 e. The van der Waals surface area contributed by atoms with Gasteiger partial charge in [-0.05, 0) is 37.6 Å². The van der Waals surface area contributed by atoms with Gasteiger partial charge in [0, 0.05) is 23.2 Å². The molecule has 2 N–H and O–H groups in total. The molecule has 10 heteroatoms. The molecule has 0 atom stereocenters. The Bertz CT molecular complexity index is 1580. The molecule has 0 bridgehead atoms. The Balaban J connectivity index is 1.52. The number of hydrogen-bond donors (Lipinski definition) is 2. The first-order valence-corrected chi connectivity index (χ1v) is 11.4. The van der Waals surface area contributed by atoms with Gasteiger partial charge in [-0.15, -0.1) is 0 Å². The number of carbonyl (C=O) groups excluding carboxylic acids is 1. The molecule has 0 aliphatic rings. The first-order valence-electron chi connectivity index (χ1n) is 11.0. The lowest BCUT2D eigenvalue weighted by atomic mass is 10.1. The summed E-state index contributed by atoms with van der Waals surface area (Å²) in [6.07, 6.45) is 2.94. The zero-order chi connectivity index (χ0) is 25.2. The third-order valence-electron chi connectivity index (χ3n) is 5.59.